The number of hydrogen-bond acceptors (Lipinski definition) is 5. The van der Waals surface area contributed by atoms with Crippen LogP contribution in [0.15, 0.2) is 68.6 Å². The van der Waals surface area contributed by atoms with Crippen molar-refractivity contribution in [3.63, 3.8) is 0 Å². The lowest BCUT2D eigenvalue weighted by Crippen LogP contribution is -2.17. The molecule has 1 N–H and O–H groups in total. The molecule has 35 heavy (non-hydrogen) atoms. The quantitative estimate of drug-likeness (QED) is 0.188. The molecule has 3 aromatic rings. The number of aryl methyl sites for hydroxylation is 1. The van der Waals surface area contributed by atoms with Gasteiger partial charge in [0, 0.05) is 5.56 Å². The molecule has 0 heterocycles. The van der Waals surface area contributed by atoms with Crippen molar-refractivity contribution in [2.24, 2.45) is 5.10 Å². The van der Waals surface area contributed by atoms with E-state index >= 15 is 0 Å². The molecule has 0 unspecified atom stereocenters. The third-order valence-electron chi connectivity index (χ3n) is 4.87. The first-order chi connectivity index (χ1) is 16.9. The van der Waals surface area contributed by atoms with E-state index in [4.69, 9.17) is 14.2 Å². The maximum absolute atomic E-state index is 12.6. The standard InChI is InChI=1S/C27H28Br2N2O4/c1-4-12-34-24-11-10-21(15-25(24)33-5-2)27(32)31-30-16-20-13-22(28)26(23(29)14-20)35-17-19-8-6-18(3)7-9-19/h6-11,13-16H,4-5,12,17H2,1-3H3,(H,31,32)/b30-16+. The van der Waals surface area contributed by atoms with E-state index in [1.165, 1.54) is 5.56 Å². The molecular formula is C27H28Br2N2O4. The van der Waals surface area contributed by atoms with Crippen LogP contribution in [0, 0.1) is 6.92 Å². The monoisotopic (exact) mass is 602 g/mol. The molecule has 0 bridgehead atoms. The average Bonchev–Trinajstić information content (AvgIpc) is 2.84. The van der Waals surface area contributed by atoms with Gasteiger partial charge in [-0.15, -0.1) is 0 Å². The summed E-state index contributed by atoms with van der Waals surface area (Å²) in [5, 5.41) is 4.10. The van der Waals surface area contributed by atoms with Crippen LogP contribution in [0.3, 0.4) is 0 Å². The van der Waals surface area contributed by atoms with Crippen molar-refractivity contribution in [1.29, 1.82) is 0 Å². The zero-order valence-corrected chi connectivity index (χ0v) is 23.1. The van der Waals surface area contributed by atoms with Crippen LogP contribution in [0.5, 0.6) is 17.2 Å². The number of rotatable bonds is 11. The Labute approximate surface area is 222 Å². The molecule has 184 valence electrons. The second-order valence-corrected chi connectivity index (χ2v) is 9.44. The summed E-state index contributed by atoms with van der Waals surface area (Å²) in [6.07, 6.45) is 2.45. The maximum Gasteiger partial charge on any atom is 0.271 e. The normalized spacial score (nSPS) is 10.9. The Balaban J connectivity index is 1.64. The molecule has 0 spiro atoms. The first kappa shape index (κ1) is 26.8. The largest absolute Gasteiger partial charge is 0.490 e. The molecular weight excluding hydrogens is 576 g/mol. The summed E-state index contributed by atoms with van der Waals surface area (Å²) in [7, 11) is 0. The van der Waals surface area contributed by atoms with Crippen molar-refractivity contribution < 1.29 is 19.0 Å². The number of nitrogens with zero attached hydrogens (tertiary/aromatic N) is 1. The van der Waals surface area contributed by atoms with Crippen LogP contribution in [0.1, 0.15) is 47.3 Å². The molecule has 0 radical (unpaired) electrons. The van der Waals surface area contributed by atoms with Crippen molar-refractivity contribution in [2.45, 2.75) is 33.8 Å². The fourth-order valence-electron chi connectivity index (χ4n) is 3.11. The number of hydrazone groups is 1. The second-order valence-electron chi connectivity index (χ2n) is 7.73. The topological polar surface area (TPSA) is 69.2 Å². The van der Waals surface area contributed by atoms with Gasteiger partial charge in [0.15, 0.2) is 11.5 Å². The van der Waals surface area contributed by atoms with Gasteiger partial charge < -0.3 is 14.2 Å². The lowest BCUT2D eigenvalue weighted by atomic mass is 10.2. The number of ether oxygens (including phenoxy) is 3. The number of halogens is 2. The lowest BCUT2D eigenvalue weighted by Gasteiger charge is -2.12. The van der Waals surface area contributed by atoms with Gasteiger partial charge >= 0.3 is 0 Å². The molecule has 0 saturated carbocycles. The molecule has 1 amide bonds. The van der Waals surface area contributed by atoms with Crippen LogP contribution >= 0.6 is 31.9 Å². The van der Waals surface area contributed by atoms with Crippen molar-refractivity contribution in [2.75, 3.05) is 13.2 Å². The molecule has 0 fully saturated rings. The van der Waals surface area contributed by atoms with E-state index in [9.17, 15) is 4.79 Å². The summed E-state index contributed by atoms with van der Waals surface area (Å²) in [6.45, 7) is 7.47. The number of nitrogens with one attached hydrogen (secondary N) is 1. The number of carbonyl (C=O) groups is 1. The van der Waals surface area contributed by atoms with Gasteiger partial charge in [0.25, 0.3) is 5.91 Å². The van der Waals surface area contributed by atoms with Gasteiger partial charge in [-0.05, 0) is 93.6 Å². The third kappa shape index (κ3) is 7.83. The Morgan fingerprint density at radius 3 is 2.31 bits per heavy atom. The minimum atomic E-state index is -0.347. The number of carbonyl (C=O) groups excluding carboxylic acids is 1. The minimum absolute atomic E-state index is 0.347. The minimum Gasteiger partial charge on any atom is -0.490 e. The summed E-state index contributed by atoms with van der Waals surface area (Å²) < 4.78 is 18.8. The SMILES string of the molecule is CCCOc1ccc(C(=O)N/N=C/c2cc(Br)c(OCc3ccc(C)cc3)c(Br)c2)cc1OCC. The fourth-order valence-corrected chi connectivity index (χ4v) is 4.56. The van der Waals surface area contributed by atoms with E-state index in [1.807, 2.05) is 38.1 Å². The van der Waals surface area contributed by atoms with Crippen molar-refractivity contribution in [3.05, 3.63) is 85.8 Å². The Kier molecular flexibility index (Phi) is 10.2. The summed E-state index contributed by atoms with van der Waals surface area (Å²) in [5.41, 5.74) is 6.06. The number of amides is 1. The highest BCUT2D eigenvalue weighted by atomic mass is 79.9. The third-order valence-corrected chi connectivity index (χ3v) is 6.05. The second kappa shape index (κ2) is 13.3. The highest BCUT2D eigenvalue weighted by Crippen LogP contribution is 2.35. The zero-order valence-electron chi connectivity index (χ0n) is 19.9. The Hall–Kier alpha value is -2.84. The molecule has 3 rings (SSSR count). The van der Waals surface area contributed by atoms with Gasteiger partial charge in [-0.25, -0.2) is 5.43 Å². The zero-order chi connectivity index (χ0) is 25.2. The highest BCUT2D eigenvalue weighted by Gasteiger charge is 2.12. The predicted molar refractivity (Wildman–Crippen MR) is 146 cm³/mol. The molecule has 0 aromatic heterocycles. The molecule has 3 aromatic carbocycles. The van der Waals surface area contributed by atoms with Gasteiger partial charge in [-0.1, -0.05) is 36.8 Å². The Bertz CT molecular complexity index is 1160. The average molecular weight is 604 g/mol. The van der Waals surface area contributed by atoms with Gasteiger partial charge in [-0.3, -0.25) is 4.79 Å². The van der Waals surface area contributed by atoms with Gasteiger partial charge in [0.05, 0.1) is 28.4 Å². The van der Waals surface area contributed by atoms with E-state index in [0.29, 0.717) is 42.6 Å². The molecule has 8 heteroatoms. The summed E-state index contributed by atoms with van der Waals surface area (Å²) >= 11 is 7.12. The smallest absolute Gasteiger partial charge is 0.271 e. The van der Waals surface area contributed by atoms with Crippen LogP contribution in [-0.4, -0.2) is 25.3 Å². The van der Waals surface area contributed by atoms with Crippen LogP contribution in [0.25, 0.3) is 0 Å². The van der Waals surface area contributed by atoms with E-state index in [1.54, 1.807) is 24.4 Å². The van der Waals surface area contributed by atoms with Gasteiger partial charge in [-0.2, -0.15) is 5.10 Å². The van der Waals surface area contributed by atoms with Crippen LogP contribution < -0.4 is 19.6 Å². The van der Waals surface area contributed by atoms with E-state index in [-0.39, 0.29) is 5.91 Å². The Morgan fingerprint density at radius 2 is 1.66 bits per heavy atom. The summed E-state index contributed by atoms with van der Waals surface area (Å²) in [6, 6.07) is 17.0. The molecule has 0 saturated heterocycles. The molecule has 0 aliphatic rings. The first-order valence-electron chi connectivity index (χ1n) is 11.3. The molecule has 6 nitrogen and oxygen atoms in total. The Morgan fingerprint density at radius 1 is 0.943 bits per heavy atom. The molecule has 0 atom stereocenters. The predicted octanol–water partition coefficient (Wildman–Crippen LogP) is 7.05. The van der Waals surface area contributed by atoms with Gasteiger partial charge in [0.2, 0.25) is 0 Å². The van der Waals surface area contributed by atoms with Crippen LogP contribution in [0.4, 0.5) is 0 Å². The highest BCUT2D eigenvalue weighted by molar-refractivity contribution is 9.11. The molecule has 0 aliphatic heterocycles. The van der Waals surface area contributed by atoms with E-state index < -0.39 is 0 Å². The van der Waals surface area contributed by atoms with Crippen molar-refractivity contribution in [3.8, 4) is 17.2 Å². The molecule has 0 aliphatic carbocycles. The van der Waals surface area contributed by atoms with Crippen molar-refractivity contribution >= 4 is 44.0 Å². The maximum atomic E-state index is 12.6. The van der Waals surface area contributed by atoms with E-state index in [2.05, 4.69) is 61.4 Å². The van der Waals surface area contributed by atoms with Crippen molar-refractivity contribution in [1.82, 2.24) is 5.43 Å². The fraction of sp³-hybridized carbons (Fsp3) is 0.259. The number of hydrogen-bond donors (Lipinski definition) is 1. The number of benzene rings is 3. The van der Waals surface area contributed by atoms with E-state index in [0.717, 1.165) is 26.5 Å². The summed E-state index contributed by atoms with van der Waals surface area (Å²) in [4.78, 5) is 12.6. The van der Waals surface area contributed by atoms with Crippen LogP contribution in [-0.2, 0) is 6.61 Å². The first-order valence-corrected chi connectivity index (χ1v) is 12.9. The van der Waals surface area contributed by atoms with Gasteiger partial charge in [0.1, 0.15) is 12.4 Å². The lowest BCUT2D eigenvalue weighted by molar-refractivity contribution is 0.0954. The van der Waals surface area contributed by atoms with Crippen LogP contribution in [0.2, 0.25) is 0 Å². The summed E-state index contributed by atoms with van der Waals surface area (Å²) in [5.74, 6) is 1.50.